The number of aliphatic hydroxyl groups is 8. The minimum Gasteiger partial charge on any atom is -0.394 e. The van der Waals surface area contributed by atoms with Crippen LogP contribution in [-0.2, 0) is 9.47 Å². The van der Waals surface area contributed by atoms with Crippen molar-refractivity contribution in [1.29, 1.82) is 0 Å². The molecule has 2 aliphatic rings. The summed E-state index contributed by atoms with van der Waals surface area (Å²) >= 11 is 0. The summed E-state index contributed by atoms with van der Waals surface area (Å²) in [5.74, 6) is 0. The van der Waals surface area contributed by atoms with Crippen LogP contribution in [0.3, 0.4) is 0 Å². The van der Waals surface area contributed by atoms with E-state index in [1.165, 1.54) is 0 Å². The fourth-order valence-corrected chi connectivity index (χ4v) is 2.69. The summed E-state index contributed by atoms with van der Waals surface area (Å²) in [7, 11) is 0. The second-order valence-corrected chi connectivity index (χ2v) is 5.63. The molecule has 0 spiro atoms. The summed E-state index contributed by atoms with van der Waals surface area (Å²) in [5, 5.41) is 76.7. The Hall–Kier alpha value is -0.400. The zero-order valence-corrected chi connectivity index (χ0v) is 11.6. The Morgan fingerprint density at radius 2 is 1.27 bits per heavy atom. The summed E-state index contributed by atoms with van der Waals surface area (Å²) in [6.07, 6.45) is -15.2. The van der Waals surface area contributed by atoms with Gasteiger partial charge < -0.3 is 50.3 Å². The van der Waals surface area contributed by atoms with E-state index in [4.69, 9.17) is 14.6 Å². The van der Waals surface area contributed by atoms with Gasteiger partial charge >= 0.3 is 0 Å². The molecular weight excluding hydrogens is 304 g/mol. The molecule has 1 heterocycles. The molecule has 0 aromatic rings. The molecule has 2 fully saturated rings. The molecular formula is C12H22O10. The van der Waals surface area contributed by atoms with Crippen molar-refractivity contribution in [1.82, 2.24) is 0 Å². The number of hydrogen-bond donors (Lipinski definition) is 8. The molecule has 1 aliphatic heterocycles. The molecule has 1 aliphatic carbocycles. The zero-order valence-electron chi connectivity index (χ0n) is 11.6. The molecule has 10 heteroatoms. The van der Waals surface area contributed by atoms with Crippen LogP contribution in [0, 0.1) is 0 Å². The largest absolute Gasteiger partial charge is 0.394 e. The third-order valence-corrected chi connectivity index (χ3v) is 4.10. The third-order valence-electron chi connectivity index (χ3n) is 4.10. The maximum atomic E-state index is 9.84. The van der Waals surface area contributed by atoms with E-state index < -0.39 is 67.8 Å². The van der Waals surface area contributed by atoms with Crippen LogP contribution in [0.4, 0.5) is 0 Å². The van der Waals surface area contributed by atoms with Crippen LogP contribution >= 0.6 is 0 Å². The van der Waals surface area contributed by atoms with Gasteiger partial charge in [-0.3, -0.25) is 0 Å². The number of rotatable bonds is 3. The molecule has 0 radical (unpaired) electrons. The highest BCUT2D eigenvalue weighted by Crippen LogP contribution is 2.28. The molecule has 22 heavy (non-hydrogen) atoms. The molecule has 130 valence electrons. The van der Waals surface area contributed by atoms with Crippen molar-refractivity contribution >= 4 is 0 Å². The van der Waals surface area contributed by atoms with Crippen molar-refractivity contribution in [2.75, 3.05) is 6.61 Å². The van der Waals surface area contributed by atoms with Crippen molar-refractivity contribution in [2.24, 2.45) is 0 Å². The Kier molecular flexibility index (Phi) is 5.72. The Morgan fingerprint density at radius 3 is 1.77 bits per heavy atom. The molecule has 8 N–H and O–H groups in total. The molecule has 5 unspecified atom stereocenters. The Bertz CT molecular complexity index is 352. The summed E-state index contributed by atoms with van der Waals surface area (Å²) in [5.41, 5.74) is 0. The summed E-state index contributed by atoms with van der Waals surface area (Å²) in [6.45, 7) is -0.585. The average molecular weight is 326 g/mol. The number of aliphatic hydroxyl groups excluding tert-OH is 8. The van der Waals surface area contributed by atoms with Gasteiger partial charge in [-0.15, -0.1) is 0 Å². The van der Waals surface area contributed by atoms with Gasteiger partial charge in [-0.1, -0.05) is 0 Å². The van der Waals surface area contributed by atoms with E-state index in [0.29, 0.717) is 0 Å². The molecule has 0 aromatic heterocycles. The first kappa shape index (κ1) is 17.9. The second-order valence-electron chi connectivity index (χ2n) is 5.63. The number of hydrogen-bond acceptors (Lipinski definition) is 10. The molecule has 0 amide bonds. The standard InChI is InChI=1S/C12H22O10/c13-2-4-6(15)3(14)1-5(21-4)22-12-10(19)8(17)7(16)9(18)11(12)20/h3-20H,1-2H2/t3-,4-,5?,6-,7?,8?,9?,10?,11?,12?/m1/s1. The van der Waals surface area contributed by atoms with E-state index in [1.54, 1.807) is 0 Å². The molecule has 0 bridgehead atoms. The smallest absolute Gasteiger partial charge is 0.161 e. The SMILES string of the molecule is OC[C@H]1OC(OC2C(O)C(O)C(O)C(O)C2O)C[C@@H](O)[C@H]1O. The Labute approximate surface area is 125 Å². The highest BCUT2D eigenvalue weighted by atomic mass is 16.7. The predicted octanol–water partition coefficient (Wildman–Crippen LogP) is -4.98. The van der Waals surface area contributed by atoms with Crippen LogP contribution in [0.1, 0.15) is 6.42 Å². The maximum absolute atomic E-state index is 9.84. The maximum Gasteiger partial charge on any atom is 0.161 e. The molecule has 1 saturated carbocycles. The van der Waals surface area contributed by atoms with Crippen molar-refractivity contribution in [3.05, 3.63) is 0 Å². The fourth-order valence-electron chi connectivity index (χ4n) is 2.69. The normalized spacial score (nSPS) is 53.5. The van der Waals surface area contributed by atoms with E-state index in [0.717, 1.165) is 0 Å². The lowest BCUT2D eigenvalue weighted by atomic mass is 9.85. The van der Waals surface area contributed by atoms with E-state index >= 15 is 0 Å². The molecule has 10 nitrogen and oxygen atoms in total. The van der Waals surface area contributed by atoms with Crippen LogP contribution in [0.25, 0.3) is 0 Å². The Balaban J connectivity index is 2.05. The van der Waals surface area contributed by atoms with Gasteiger partial charge in [0.1, 0.15) is 48.8 Å². The van der Waals surface area contributed by atoms with Crippen LogP contribution < -0.4 is 0 Å². The van der Waals surface area contributed by atoms with Gasteiger partial charge in [-0.05, 0) is 0 Å². The first-order valence-electron chi connectivity index (χ1n) is 6.96. The first-order chi connectivity index (χ1) is 10.3. The minimum atomic E-state index is -1.74. The summed E-state index contributed by atoms with van der Waals surface area (Å²) in [6, 6.07) is 0. The Morgan fingerprint density at radius 1 is 0.773 bits per heavy atom. The molecule has 1 saturated heterocycles. The van der Waals surface area contributed by atoms with Gasteiger partial charge in [0, 0.05) is 6.42 Å². The van der Waals surface area contributed by atoms with E-state index in [9.17, 15) is 35.7 Å². The van der Waals surface area contributed by atoms with Crippen LogP contribution in [-0.4, -0.2) is 109 Å². The summed E-state index contributed by atoms with van der Waals surface area (Å²) < 4.78 is 10.4. The van der Waals surface area contributed by atoms with Gasteiger partial charge in [0.05, 0.1) is 12.7 Å². The van der Waals surface area contributed by atoms with E-state index in [2.05, 4.69) is 0 Å². The lowest BCUT2D eigenvalue weighted by molar-refractivity contribution is -0.311. The van der Waals surface area contributed by atoms with Crippen molar-refractivity contribution < 1.29 is 50.3 Å². The minimum absolute atomic E-state index is 0.206. The lowest BCUT2D eigenvalue weighted by Gasteiger charge is -2.44. The molecule has 2 rings (SSSR count). The average Bonchev–Trinajstić information content (AvgIpc) is 2.50. The summed E-state index contributed by atoms with van der Waals surface area (Å²) in [4.78, 5) is 0. The fraction of sp³-hybridized carbons (Fsp3) is 1.00. The molecule has 0 aromatic carbocycles. The van der Waals surface area contributed by atoms with Crippen molar-refractivity contribution in [3.63, 3.8) is 0 Å². The van der Waals surface area contributed by atoms with Crippen LogP contribution in [0.5, 0.6) is 0 Å². The van der Waals surface area contributed by atoms with Gasteiger partial charge in [-0.2, -0.15) is 0 Å². The van der Waals surface area contributed by atoms with Gasteiger partial charge in [0.15, 0.2) is 6.29 Å². The van der Waals surface area contributed by atoms with Crippen molar-refractivity contribution in [3.8, 4) is 0 Å². The quantitative estimate of drug-likeness (QED) is 0.250. The molecule has 8 atom stereocenters. The topological polar surface area (TPSA) is 180 Å². The van der Waals surface area contributed by atoms with E-state index in [1.807, 2.05) is 0 Å². The highest BCUT2D eigenvalue weighted by Gasteiger charge is 2.50. The van der Waals surface area contributed by atoms with E-state index in [-0.39, 0.29) is 6.42 Å². The first-order valence-corrected chi connectivity index (χ1v) is 6.96. The van der Waals surface area contributed by atoms with Gasteiger partial charge in [0.25, 0.3) is 0 Å². The van der Waals surface area contributed by atoms with Gasteiger partial charge in [0.2, 0.25) is 0 Å². The highest BCUT2D eigenvalue weighted by molar-refractivity contribution is 4.99. The lowest BCUT2D eigenvalue weighted by Crippen LogP contribution is -2.65. The van der Waals surface area contributed by atoms with Crippen molar-refractivity contribution in [2.45, 2.75) is 67.6 Å². The second kappa shape index (κ2) is 7.01. The van der Waals surface area contributed by atoms with Crippen LogP contribution in [0.2, 0.25) is 0 Å². The third kappa shape index (κ3) is 3.26. The number of ether oxygens (including phenoxy) is 2. The monoisotopic (exact) mass is 326 g/mol. The zero-order chi connectivity index (χ0) is 16.6. The predicted molar refractivity (Wildman–Crippen MR) is 67.3 cm³/mol. The van der Waals surface area contributed by atoms with Crippen LogP contribution in [0.15, 0.2) is 0 Å². The van der Waals surface area contributed by atoms with Gasteiger partial charge in [-0.25, -0.2) is 0 Å².